The molecule has 0 bridgehead atoms. The summed E-state index contributed by atoms with van der Waals surface area (Å²) in [6.07, 6.45) is 4.54. The Labute approximate surface area is 165 Å². The van der Waals surface area contributed by atoms with E-state index < -0.39 is 0 Å². The standard InChI is InChI=1S/C18H19N9S/c1-13-20-18(28-24-13)26-10-2-9-25(11-12-26)16-4-3-15-21-22-17(27(15)23-16)14-5-7-19-8-6-14/h3-8H,2,9-12H2,1H3. The molecule has 0 amide bonds. The monoisotopic (exact) mass is 393 g/mol. The largest absolute Gasteiger partial charge is 0.353 e. The van der Waals surface area contributed by atoms with Crippen molar-refractivity contribution in [2.24, 2.45) is 0 Å². The molecule has 0 unspecified atom stereocenters. The molecule has 1 fully saturated rings. The van der Waals surface area contributed by atoms with Crippen molar-refractivity contribution in [2.45, 2.75) is 13.3 Å². The number of rotatable bonds is 3. The molecular formula is C18H19N9S. The molecule has 142 valence electrons. The summed E-state index contributed by atoms with van der Waals surface area (Å²) < 4.78 is 6.11. The molecule has 9 nitrogen and oxygen atoms in total. The fourth-order valence-corrected chi connectivity index (χ4v) is 4.11. The van der Waals surface area contributed by atoms with E-state index in [2.05, 4.69) is 34.3 Å². The molecule has 4 aromatic rings. The Kier molecular flexibility index (Phi) is 4.32. The van der Waals surface area contributed by atoms with Crippen molar-refractivity contribution >= 4 is 28.1 Å². The zero-order valence-corrected chi connectivity index (χ0v) is 16.2. The minimum atomic E-state index is 0.722. The van der Waals surface area contributed by atoms with Gasteiger partial charge in [-0.3, -0.25) is 4.98 Å². The molecule has 1 aliphatic rings. The third-order valence-corrected chi connectivity index (χ3v) is 5.66. The summed E-state index contributed by atoms with van der Waals surface area (Å²) in [5.41, 5.74) is 1.68. The quantitative estimate of drug-likeness (QED) is 0.523. The number of pyridine rings is 1. The van der Waals surface area contributed by atoms with Crippen molar-refractivity contribution in [3.8, 4) is 11.4 Å². The fourth-order valence-electron chi connectivity index (χ4n) is 3.38. The summed E-state index contributed by atoms with van der Waals surface area (Å²) in [7, 11) is 0. The van der Waals surface area contributed by atoms with E-state index in [9.17, 15) is 0 Å². The summed E-state index contributed by atoms with van der Waals surface area (Å²) in [6.45, 7) is 5.63. The molecule has 1 saturated heterocycles. The van der Waals surface area contributed by atoms with Crippen molar-refractivity contribution in [3.05, 3.63) is 42.5 Å². The lowest BCUT2D eigenvalue weighted by Crippen LogP contribution is -2.31. The van der Waals surface area contributed by atoms with Crippen LogP contribution in [0.25, 0.3) is 17.0 Å². The van der Waals surface area contributed by atoms with Crippen LogP contribution in [0.3, 0.4) is 0 Å². The van der Waals surface area contributed by atoms with Gasteiger partial charge in [0.25, 0.3) is 0 Å². The molecule has 10 heteroatoms. The van der Waals surface area contributed by atoms with Crippen LogP contribution in [0, 0.1) is 6.92 Å². The molecule has 0 saturated carbocycles. The molecule has 4 aromatic heterocycles. The van der Waals surface area contributed by atoms with Crippen LogP contribution in [-0.4, -0.2) is 60.3 Å². The lowest BCUT2D eigenvalue weighted by atomic mass is 10.2. The fraction of sp³-hybridized carbons (Fsp3) is 0.333. The number of hydrogen-bond donors (Lipinski definition) is 0. The highest BCUT2D eigenvalue weighted by Crippen LogP contribution is 2.22. The number of hydrogen-bond acceptors (Lipinski definition) is 9. The average Bonchev–Trinajstić information content (AvgIpc) is 3.27. The minimum Gasteiger partial charge on any atom is -0.353 e. The van der Waals surface area contributed by atoms with Gasteiger partial charge < -0.3 is 9.80 Å². The zero-order chi connectivity index (χ0) is 18.9. The Hall–Kier alpha value is -3.14. The molecule has 5 heterocycles. The molecule has 0 aliphatic carbocycles. The second-order valence-corrected chi connectivity index (χ2v) is 7.40. The summed E-state index contributed by atoms with van der Waals surface area (Å²) >= 11 is 1.47. The Bertz CT molecular complexity index is 1090. The van der Waals surface area contributed by atoms with Gasteiger partial charge in [-0.25, -0.2) is 4.98 Å². The number of nitrogens with zero attached hydrogens (tertiary/aromatic N) is 9. The van der Waals surface area contributed by atoms with Crippen LogP contribution in [0.2, 0.25) is 0 Å². The maximum absolute atomic E-state index is 4.83. The van der Waals surface area contributed by atoms with E-state index in [0.717, 1.165) is 66.4 Å². The molecule has 1 aliphatic heterocycles. The van der Waals surface area contributed by atoms with Gasteiger partial charge in [0.05, 0.1) is 0 Å². The van der Waals surface area contributed by atoms with Crippen LogP contribution in [0.15, 0.2) is 36.7 Å². The highest BCUT2D eigenvalue weighted by Gasteiger charge is 2.20. The molecule has 0 spiro atoms. The smallest absolute Gasteiger partial charge is 0.205 e. The number of aryl methyl sites for hydroxylation is 1. The molecule has 5 rings (SSSR count). The summed E-state index contributed by atoms with van der Waals surface area (Å²) in [4.78, 5) is 13.2. The summed E-state index contributed by atoms with van der Waals surface area (Å²) in [5, 5.41) is 14.4. The molecule has 0 atom stereocenters. The van der Waals surface area contributed by atoms with Crippen LogP contribution >= 0.6 is 11.5 Å². The third kappa shape index (κ3) is 3.15. The predicted molar refractivity (Wildman–Crippen MR) is 108 cm³/mol. The van der Waals surface area contributed by atoms with Crippen molar-refractivity contribution in [1.29, 1.82) is 0 Å². The average molecular weight is 393 g/mol. The highest BCUT2D eigenvalue weighted by atomic mass is 32.1. The number of aromatic nitrogens is 7. The van der Waals surface area contributed by atoms with E-state index in [0.29, 0.717) is 0 Å². The lowest BCUT2D eigenvalue weighted by Gasteiger charge is -2.22. The maximum atomic E-state index is 4.83. The van der Waals surface area contributed by atoms with Crippen molar-refractivity contribution < 1.29 is 0 Å². The van der Waals surface area contributed by atoms with Gasteiger partial charge in [0, 0.05) is 55.7 Å². The van der Waals surface area contributed by atoms with E-state index >= 15 is 0 Å². The van der Waals surface area contributed by atoms with Crippen molar-refractivity contribution in [3.63, 3.8) is 0 Å². The SMILES string of the molecule is Cc1nsc(N2CCCN(c3ccc4nnc(-c5ccncc5)n4n3)CC2)n1. The Morgan fingerprint density at radius 3 is 2.57 bits per heavy atom. The molecular weight excluding hydrogens is 374 g/mol. The molecule has 28 heavy (non-hydrogen) atoms. The Morgan fingerprint density at radius 1 is 0.929 bits per heavy atom. The minimum absolute atomic E-state index is 0.722. The lowest BCUT2D eigenvalue weighted by molar-refractivity contribution is 0.777. The van der Waals surface area contributed by atoms with Gasteiger partial charge in [0.2, 0.25) is 5.13 Å². The van der Waals surface area contributed by atoms with Gasteiger partial charge >= 0.3 is 0 Å². The van der Waals surface area contributed by atoms with Crippen molar-refractivity contribution in [1.82, 2.24) is 34.2 Å². The third-order valence-electron chi connectivity index (χ3n) is 4.79. The van der Waals surface area contributed by atoms with E-state index in [1.165, 1.54) is 11.5 Å². The number of anilines is 2. The van der Waals surface area contributed by atoms with Gasteiger partial charge in [-0.2, -0.15) is 8.89 Å². The second kappa shape index (κ2) is 7.12. The summed E-state index contributed by atoms with van der Waals surface area (Å²) in [6, 6.07) is 7.82. The second-order valence-electron chi connectivity index (χ2n) is 6.67. The number of fused-ring (bicyclic) bond motifs is 1. The van der Waals surface area contributed by atoms with Crippen molar-refractivity contribution in [2.75, 3.05) is 36.0 Å². The summed E-state index contributed by atoms with van der Waals surface area (Å²) in [5.74, 6) is 2.49. The van der Waals surface area contributed by atoms with Gasteiger partial charge in [-0.05, 0) is 37.6 Å². The van der Waals surface area contributed by atoms with E-state index in [1.807, 2.05) is 31.2 Å². The van der Waals surface area contributed by atoms with Crippen LogP contribution < -0.4 is 9.80 Å². The first-order valence-electron chi connectivity index (χ1n) is 9.21. The molecule has 0 radical (unpaired) electrons. The van der Waals surface area contributed by atoms with Crippen LogP contribution in [-0.2, 0) is 0 Å². The maximum Gasteiger partial charge on any atom is 0.205 e. The zero-order valence-electron chi connectivity index (χ0n) is 15.4. The first kappa shape index (κ1) is 17.0. The normalized spacial score (nSPS) is 15.2. The predicted octanol–water partition coefficient (Wildman–Crippen LogP) is 2.06. The topological polar surface area (TPSA) is 88.2 Å². The Balaban J connectivity index is 1.41. The molecule has 0 aromatic carbocycles. The van der Waals surface area contributed by atoms with E-state index in [1.54, 1.807) is 16.9 Å². The van der Waals surface area contributed by atoms with Gasteiger partial charge in [0.15, 0.2) is 11.5 Å². The van der Waals surface area contributed by atoms with Crippen LogP contribution in [0.1, 0.15) is 12.2 Å². The van der Waals surface area contributed by atoms with E-state index in [-0.39, 0.29) is 0 Å². The molecule has 0 N–H and O–H groups in total. The first-order chi connectivity index (χ1) is 13.8. The van der Waals surface area contributed by atoms with Gasteiger partial charge in [0.1, 0.15) is 11.6 Å². The van der Waals surface area contributed by atoms with Gasteiger partial charge in [-0.1, -0.05) is 0 Å². The highest BCUT2D eigenvalue weighted by molar-refractivity contribution is 7.09. The van der Waals surface area contributed by atoms with E-state index in [4.69, 9.17) is 5.10 Å². The van der Waals surface area contributed by atoms with Crippen LogP contribution in [0.4, 0.5) is 10.9 Å². The first-order valence-corrected chi connectivity index (χ1v) is 9.98. The van der Waals surface area contributed by atoms with Gasteiger partial charge in [-0.15, -0.1) is 15.3 Å². The Morgan fingerprint density at radius 2 is 1.75 bits per heavy atom. The van der Waals surface area contributed by atoms with Crippen LogP contribution in [0.5, 0.6) is 0 Å².